The predicted molar refractivity (Wildman–Crippen MR) is 77.9 cm³/mol. The van der Waals surface area contributed by atoms with E-state index in [4.69, 9.17) is 5.73 Å². The lowest BCUT2D eigenvalue weighted by Crippen LogP contribution is -2.48. The van der Waals surface area contributed by atoms with E-state index >= 15 is 0 Å². The number of carbonyl (C=O) groups is 1. The zero-order valence-corrected chi connectivity index (χ0v) is 11.3. The Hall–Kier alpha value is -2.33. The molecule has 0 heterocycles. The lowest BCUT2D eigenvalue weighted by molar-refractivity contribution is -0.126. The summed E-state index contributed by atoms with van der Waals surface area (Å²) >= 11 is 0. The molecule has 0 fully saturated rings. The molecular weight excluding hydrogens is 252 g/mol. The SMILES string of the molecule is CC(N)(C(=O)NCc1ccc(O)cc1)c1ccccc1. The Morgan fingerprint density at radius 2 is 1.75 bits per heavy atom. The number of phenols is 1. The average Bonchev–Trinajstić information content (AvgIpc) is 2.47. The highest BCUT2D eigenvalue weighted by atomic mass is 16.3. The van der Waals surface area contributed by atoms with Gasteiger partial charge in [-0.1, -0.05) is 42.5 Å². The van der Waals surface area contributed by atoms with Crippen LogP contribution in [0.2, 0.25) is 0 Å². The smallest absolute Gasteiger partial charge is 0.244 e. The number of amides is 1. The first kappa shape index (κ1) is 14.1. The van der Waals surface area contributed by atoms with Crippen molar-refractivity contribution in [3.63, 3.8) is 0 Å². The molecule has 0 bridgehead atoms. The van der Waals surface area contributed by atoms with E-state index in [-0.39, 0.29) is 11.7 Å². The number of rotatable bonds is 4. The summed E-state index contributed by atoms with van der Waals surface area (Å²) in [5, 5.41) is 12.0. The van der Waals surface area contributed by atoms with Gasteiger partial charge in [-0.2, -0.15) is 0 Å². The number of nitrogens with two attached hydrogens (primary N) is 1. The van der Waals surface area contributed by atoms with Crippen molar-refractivity contribution >= 4 is 5.91 Å². The first-order valence-electron chi connectivity index (χ1n) is 6.41. The standard InChI is InChI=1S/C16H18N2O2/c1-16(17,13-5-3-2-4-6-13)15(20)18-11-12-7-9-14(19)10-8-12/h2-10,19H,11,17H2,1H3,(H,18,20). The Balaban J connectivity index is 2.03. The van der Waals surface area contributed by atoms with Gasteiger partial charge >= 0.3 is 0 Å². The highest BCUT2D eigenvalue weighted by Crippen LogP contribution is 2.17. The van der Waals surface area contributed by atoms with Crippen molar-refractivity contribution in [2.75, 3.05) is 0 Å². The topological polar surface area (TPSA) is 75.4 Å². The van der Waals surface area contributed by atoms with Gasteiger partial charge in [-0.25, -0.2) is 0 Å². The van der Waals surface area contributed by atoms with Crippen molar-refractivity contribution in [2.45, 2.75) is 19.0 Å². The van der Waals surface area contributed by atoms with Gasteiger partial charge < -0.3 is 16.2 Å². The Morgan fingerprint density at radius 3 is 2.35 bits per heavy atom. The minimum atomic E-state index is -1.07. The monoisotopic (exact) mass is 270 g/mol. The predicted octanol–water partition coefficient (Wildman–Crippen LogP) is 1.88. The fourth-order valence-corrected chi connectivity index (χ4v) is 1.90. The van der Waals surface area contributed by atoms with Crippen LogP contribution in [0.4, 0.5) is 0 Å². The summed E-state index contributed by atoms with van der Waals surface area (Å²) < 4.78 is 0. The second-order valence-electron chi connectivity index (χ2n) is 4.92. The fourth-order valence-electron chi connectivity index (χ4n) is 1.90. The van der Waals surface area contributed by atoms with E-state index in [2.05, 4.69) is 5.32 Å². The first-order chi connectivity index (χ1) is 9.50. The second kappa shape index (κ2) is 5.75. The number of phenolic OH excluding ortho intramolecular Hbond substituents is 1. The van der Waals surface area contributed by atoms with Crippen molar-refractivity contribution in [3.8, 4) is 5.75 Å². The minimum Gasteiger partial charge on any atom is -0.508 e. The van der Waals surface area contributed by atoms with Gasteiger partial charge in [-0.05, 0) is 30.2 Å². The minimum absolute atomic E-state index is 0.202. The molecule has 104 valence electrons. The van der Waals surface area contributed by atoms with Crippen molar-refractivity contribution in [3.05, 3.63) is 65.7 Å². The molecule has 4 nitrogen and oxygen atoms in total. The lowest BCUT2D eigenvalue weighted by Gasteiger charge is -2.24. The molecule has 0 spiro atoms. The largest absolute Gasteiger partial charge is 0.508 e. The van der Waals surface area contributed by atoms with Crippen LogP contribution in [-0.4, -0.2) is 11.0 Å². The van der Waals surface area contributed by atoms with Crippen LogP contribution in [0.15, 0.2) is 54.6 Å². The van der Waals surface area contributed by atoms with Crippen molar-refractivity contribution < 1.29 is 9.90 Å². The highest BCUT2D eigenvalue weighted by molar-refractivity contribution is 5.86. The van der Waals surface area contributed by atoms with Crippen LogP contribution in [0.5, 0.6) is 5.75 Å². The van der Waals surface area contributed by atoms with Crippen LogP contribution >= 0.6 is 0 Å². The summed E-state index contributed by atoms with van der Waals surface area (Å²) in [5.41, 5.74) is 6.72. The lowest BCUT2D eigenvalue weighted by atomic mass is 9.92. The molecule has 2 aromatic rings. The summed E-state index contributed by atoms with van der Waals surface area (Å²) in [6.07, 6.45) is 0. The third-order valence-corrected chi connectivity index (χ3v) is 3.23. The Bertz CT molecular complexity index is 577. The van der Waals surface area contributed by atoms with Crippen LogP contribution in [0.25, 0.3) is 0 Å². The van der Waals surface area contributed by atoms with Crippen LogP contribution in [0, 0.1) is 0 Å². The highest BCUT2D eigenvalue weighted by Gasteiger charge is 2.29. The molecule has 0 radical (unpaired) electrons. The summed E-state index contributed by atoms with van der Waals surface area (Å²) in [5.74, 6) is -0.0372. The molecule has 1 atom stereocenters. The van der Waals surface area contributed by atoms with Gasteiger partial charge in [0.1, 0.15) is 11.3 Å². The van der Waals surface area contributed by atoms with Gasteiger partial charge in [-0.15, -0.1) is 0 Å². The number of hydrogen-bond donors (Lipinski definition) is 3. The number of hydrogen-bond acceptors (Lipinski definition) is 3. The Labute approximate surface area is 118 Å². The average molecular weight is 270 g/mol. The molecule has 0 saturated carbocycles. The van der Waals surface area contributed by atoms with Crippen molar-refractivity contribution in [2.24, 2.45) is 5.73 Å². The van der Waals surface area contributed by atoms with Crippen molar-refractivity contribution in [1.82, 2.24) is 5.32 Å². The molecule has 1 amide bonds. The number of benzene rings is 2. The molecule has 0 aliphatic rings. The normalized spacial score (nSPS) is 13.5. The maximum atomic E-state index is 12.2. The third kappa shape index (κ3) is 3.16. The van der Waals surface area contributed by atoms with E-state index in [0.717, 1.165) is 11.1 Å². The van der Waals surface area contributed by atoms with E-state index in [1.54, 1.807) is 31.2 Å². The molecule has 4 N–H and O–H groups in total. The number of aromatic hydroxyl groups is 1. The fraction of sp³-hybridized carbons (Fsp3) is 0.188. The maximum absolute atomic E-state index is 12.2. The molecule has 0 aromatic heterocycles. The molecule has 4 heteroatoms. The van der Waals surface area contributed by atoms with E-state index in [1.165, 1.54) is 0 Å². The van der Waals surface area contributed by atoms with E-state index < -0.39 is 5.54 Å². The Kier molecular flexibility index (Phi) is 4.05. The van der Waals surface area contributed by atoms with Crippen LogP contribution in [0.3, 0.4) is 0 Å². The van der Waals surface area contributed by atoms with Crippen LogP contribution < -0.4 is 11.1 Å². The van der Waals surface area contributed by atoms with Gasteiger partial charge in [0, 0.05) is 6.54 Å². The molecule has 2 rings (SSSR count). The summed E-state index contributed by atoms with van der Waals surface area (Å²) in [4.78, 5) is 12.2. The molecule has 2 aromatic carbocycles. The molecule has 0 aliphatic heterocycles. The molecule has 0 saturated heterocycles. The van der Waals surface area contributed by atoms with Gasteiger partial charge in [0.25, 0.3) is 0 Å². The quantitative estimate of drug-likeness (QED) is 0.794. The van der Waals surface area contributed by atoms with E-state index in [9.17, 15) is 9.90 Å². The number of nitrogens with one attached hydrogen (secondary N) is 1. The Morgan fingerprint density at radius 1 is 1.15 bits per heavy atom. The number of carbonyl (C=O) groups excluding carboxylic acids is 1. The second-order valence-corrected chi connectivity index (χ2v) is 4.92. The van der Waals surface area contributed by atoms with Gasteiger partial charge in [-0.3, -0.25) is 4.79 Å². The van der Waals surface area contributed by atoms with Crippen molar-refractivity contribution in [1.29, 1.82) is 0 Å². The van der Waals surface area contributed by atoms with Gasteiger partial charge in [0.2, 0.25) is 5.91 Å². The van der Waals surface area contributed by atoms with E-state index in [0.29, 0.717) is 6.54 Å². The van der Waals surface area contributed by atoms with Gasteiger partial charge in [0.05, 0.1) is 0 Å². The summed E-state index contributed by atoms with van der Waals surface area (Å²) in [6.45, 7) is 2.06. The van der Waals surface area contributed by atoms with E-state index in [1.807, 2.05) is 30.3 Å². The first-order valence-corrected chi connectivity index (χ1v) is 6.41. The zero-order valence-electron chi connectivity index (χ0n) is 11.3. The van der Waals surface area contributed by atoms with Crippen LogP contribution in [-0.2, 0) is 16.9 Å². The zero-order chi connectivity index (χ0) is 14.6. The molecular formula is C16H18N2O2. The van der Waals surface area contributed by atoms with Crippen LogP contribution in [0.1, 0.15) is 18.1 Å². The molecule has 1 unspecified atom stereocenters. The third-order valence-electron chi connectivity index (χ3n) is 3.23. The summed E-state index contributed by atoms with van der Waals surface area (Å²) in [6, 6.07) is 15.9. The summed E-state index contributed by atoms with van der Waals surface area (Å²) in [7, 11) is 0. The molecule has 0 aliphatic carbocycles. The van der Waals surface area contributed by atoms with Gasteiger partial charge in [0.15, 0.2) is 0 Å². The molecule has 20 heavy (non-hydrogen) atoms. The maximum Gasteiger partial charge on any atom is 0.244 e.